The van der Waals surface area contributed by atoms with E-state index in [1.54, 1.807) is 11.3 Å². The van der Waals surface area contributed by atoms with E-state index in [9.17, 15) is 0 Å². The molecule has 0 aliphatic carbocycles. The number of benzene rings is 2. The lowest BCUT2D eigenvalue weighted by molar-refractivity contribution is 0.482. The lowest BCUT2D eigenvalue weighted by atomic mass is 10.0. The Morgan fingerprint density at radius 3 is 2.15 bits per heavy atom. The molecule has 2 N–H and O–H groups in total. The molecule has 0 aliphatic rings. The molecular weight excluding hydrogens is 266 g/mol. The van der Waals surface area contributed by atoms with Crippen molar-refractivity contribution in [3.63, 3.8) is 0 Å². The van der Waals surface area contributed by atoms with E-state index in [0.29, 0.717) is 0 Å². The Bertz CT molecular complexity index is 647. The maximum atomic E-state index is 6.23. The molecule has 0 unspecified atom stereocenters. The molecule has 100 valence electrons. The molecule has 0 radical (unpaired) electrons. The highest BCUT2D eigenvalue weighted by atomic mass is 32.1. The smallest absolute Gasteiger partial charge is 0.127 e. The van der Waals surface area contributed by atoms with Crippen LogP contribution < -0.4 is 10.5 Å². The summed E-state index contributed by atoms with van der Waals surface area (Å²) in [7, 11) is 0. The second-order valence-corrected chi connectivity index (χ2v) is 5.30. The van der Waals surface area contributed by atoms with E-state index in [1.165, 1.54) is 0 Å². The van der Waals surface area contributed by atoms with Gasteiger partial charge in [0.1, 0.15) is 11.5 Å². The van der Waals surface area contributed by atoms with Crippen LogP contribution in [0.3, 0.4) is 0 Å². The van der Waals surface area contributed by atoms with Gasteiger partial charge in [-0.3, -0.25) is 0 Å². The molecular formula is C17H15NOS. The Labute approximate surface area is 122 Å². The van der Waals surface area contributed by atoms with Crippen LogP contribution in [0.15, 0.2) is 71.4 Å². The normalized spacial score (nSPS) is 12.1. The lowest BCUT2D eigenvalue weighted by Crippen LogP contribution is -2.10. The first kappa shape index (κ1) is 12.9. The van der Waals surface area contributed by atoms with Crippen LogP contribution in [0.25, 0.3) is 0 Å². The number of thiophene rings is 1. The Kier molecular flexibility index (Phi) is 3.81. The summed E-state index contributed by atoms with van der Waals surface area (Å²) in [6.45, 7) is 0. The van der Waals surface area contributed by atoms with E-state index in [0.717, 1.165) is 22.6 Å². The van der Waals surface area contributed by atoms with Gasteiger partial charge in [-0.2, -0.15) is 11.3 Å². The zero-order valence-electron chi connectivity index (χ0n) is 10.9. The summed E-state index contributed by atoms with van der Waals surface area (Å²) in [6.07, 6.45) is 0. The molecule has 3 aromatic rings. The highest BCUT2D eigenvalue weighted by Gasteiger charge is 2.09. The van der Waals surface area contributed by atoms with Gasteiger partial charge in [-0.15, -0.1) is 0 Å². The van der Waals surface area contributed by atoms with Gasteiger partial charge < -0.3 is 10.5 Å². The highest BCUT2D eigenvalue weighted by molar-refractivity contribution is 7.08. The SMILES string of the molecule is N[C@@H](c1ccc(Oc2ccccc2)cc1)c1ccsc1. The van der Waals surface area contributed by atoms with Gasteiger partial charge in [-0.1, -0.05) is 30.3 Å². The molecule has 0 saturated heterocycles. The Morgan fingerprint density at radius 1 is 0.800 bits per heavy atom. The fourth-order valence-electron chi connectivity index (χ4n) is 2.01. The van der Waals surface area contributed by atoms with Crippen molar-refractivity contribution < 1.29 is 4.74 Å². The second-order valence-electron chi connectivity index (χ2n) is 4.52. The van der Waals surface area contributed by atoms with Crippen molar-refractivity contribution >= 4 is 11.3 Å². The molecule has 2 nitrogen and oxygen atoms in total. The molecule has 0 saturated carbocycles. The number of rotatable bonds is 4. The minimum absolute atomic E-state index is 0.0768. The Balaban J connectivity index is 1.75. The van der Waals surface area contributed by atoms with Gasteiger partial charge in [0.2, 0.25) is 0 Å². The van der Waals surface area contributed by atoms with Crippen LogP contribution in [-0.2, 0) is 0 Å². The summed E-state index contributed by atoms with van der Waals surface area (Å²) in [5.41, 5.74) is 8.46. The van der Waals surface area contributed by atoms with Gasteiger partial charge in [0.15, 0.2) is 0 Å². The molecule has 0 aliphatic heterocycles. The maximum Gasteiger partial charge on any atom is 0.127 e. The Hall–Kier alpha value is -2.10. The van der Waals surface area contributed by atoms with Gasteiger partial charge in [0.25, 0.3) is 0 Å². The molecule has 1 heterocycles. The predicted molar refractivity (Wildman–Crippen MR) is 83.3 cm³/mol. The largest absolute Gasteiger partial charge is 0.457 e. The minimum atomic E-state index is -0.0768. The molecule has 1 atom stereocenters. The van der Waals surface area contributed by atoms with E-state index in [-0.39, 0.29) is 6.04 Å². The van der Waals surface area contributed by atoms with Crippen LogP contribution >= 0.6 is 11.3 Å². The monoisotopic (exact) mass is 281 g/mol. The summed E-state index contributed by atoms with van der Waals surface area (Å²) in [4.78, 5) is 0. The third-order valence-corrected chi connectivity index (χ3v) is 3.82. The van der Waals surface area contributed by atoms with Crippen LogP contribution in [0.2, 0.25) is 0 Å². The molecule has 0 spiro atoms. The van der Waals surface area contributed by atoms with Crippen LogP contribution in [0.4, 0.5) is 0 Å². The van der Waals surface area contributed by atoms with E-state index in [1.807, 2.05) is 60.0 Å². The van der Waals surface area contributed by atoms with Crippen LogP contribution in [0, 0.1) is 0 Å². The van der Waals surface area contributed by atoms with Crippen molar-refractivity contribution in [2.24, 2.45) is 5.73 Å². The molecule has 0 bridgehead atoms. The van der Waals surface area contributed by atoms with Gasteiger partial charge >= 0.3 is 0 Å². The molecule has 3 rings (SSSR count). The number of ether oxygens (including phenoxy) is 1. The van der Waals surface area contributed by atoms with Crippen LogP contribution in [-0.4, -0.2) is 0 Å². The van der Waals surface area contributed by atoms with Crippen LogP contribution in [0.1, 0.15) is 17.2 Å². The van der Waals surface area contributed by atoms with E-state index in [2.05, 4.69) is 11.4 Å². The summed E-state index contributed by atoms with van der Waals surface area (Å²) in [5.74, 6) is 1.65. The number of hydrogen-bond acceptors (Lipinski definition) is 3. The minimum Gasteiger partial charge on any atom is -0.457 e. The highest BCUT2D eigenvalue weighted by Crippen LogP contribution is 2.26. The summed E-state index contributed by atoms with van der Waals surface area (Å²) >= 11 is 1.66. The average molecular weight is 281 g/mol. The first-order valence-corrected chi connectivity index (χ1v) is 7.38. The van der Waals surface area contributed by atoms with Gasteiger partial charge in [-0.25, -0.2) is 0 Å². The zero-order valence-corrected chi connectivity index (χ0v) is 11.7. The predicted octanol–water partition coefficient (Wildman–Crippen LogP) is 4.59. The summed E-state index contributed by atoms with van der Waals surface area (Å²) < 4.78 is 5.77. The van der Waals surface area contributed by atoms with Gasteiger partial charge in [-0.05, 0) is 52.2 Å². The topological polar surface area (TPSA) is 35.2 Å². The van der Waals surface area contributed by atoms with Gasteiger partial charge in [0.05, 0.1) is 6.04 Å². The van der Waals surface area contributed by atoms with Crippen molar-refractivity contribution in [3.05, 3.63) is 82.6 Å². The molecule has 3 heteroatoms. The number of nitrogens with two attached hydrogens (primary N) is 1. The number of para-hydroxylation sites is 1. The van der Waals surface area contributed by atoms with Gasteiger partial charge in [0, 0.05) is 0 Å². The first-order valence-electron chi connectivity index (χ1n) is 6.43. The van der Waals surface area contributed by atoms with E-state index in [4.69, 9.17) is 10.5 Å². The zero-order chi connectivity index (χ0) is 13.8. The fraction of sp³-hybridized carbons (Fsp3) is 0.0588. The first-order chi connectivity index (χ1) is 9.83. The quantitative estimate of drug-likeness (QED) is 0.759. The molecule has 20 heavy (non-hydrogen) atoms. The number of hydrogen-bond donors (Lipinski definition) is 1. The maximum absolute atomic E-state index is 6.23. The molecule has 1 aromatic heterocycles. The average Bonchev–Trinajstić information content (AvgIpc) is 3.03. The summed E-state index contributed by atoms with van der Waals surface area (Å²) in [5, 5.41) is 4.13. The molecule has 0 amide bonds. The third kappa shape index (κ3) is 2.90. The van der Waals surface area contributed by atoms with Crippen molar-refractivity contribution in [3.8, 4) is 11.5 Å². The van der Waals surface area contributed by atoms with Crippen molar-refractivity contribution in [2.75, 3.05) is 0 Å². The van der Waals surface area contributed by atoms with Crippen molar-refractivity contribution in [1.82, 2.24) is 0 Å². The van der Waals surface area contributed by atoms with E-state index < -0.39 is 0 Å². The molecule has 0 fully saturated rings. The summed E-state index contributed by atoms with van der Waals surface area (Å²) in [6, 6.07) is 19.7. The Morgan fingerprint density at radius 2 is 1.50 bits per heavy atom. The molecule has 2 aromatic carbocycles. The van der Waals surface area contributed by atoms with Crippen molar-refractivity contribution in [2.45, 2.75) is 6.04 Å². The fourth-order valence-corrected chi connectivity index (χ4v) is 2.71. The van der Waals surface area contributed by atoms with E-state index >= 15 is 0 Å². The lowest BCUT2D eigenvalue weighted by Gasteiger charge is -2.11. The van der Waals surface area contributed by atoms with Crippen molar-refractivity contribution in [1.29, 1.82) is 0 Å². The standard InChI is InChI=1S/C17H15NOS/c18-17(14-10-11-20-12-14)13-6-8-16(9-7-13)19-15-4-2-1-3-5-15/h1-12,17H,18H2/t17-/m0/s1. The third-order valence-electron chi connectivity index (χ3n) is 3.12. The second kappa shape index (κ2) is 5.90. The van der Waals surface area contributed by atoms with Crippen LogP contribution in [0.5, 0.6) is 11.5 Å².